The molecule has 0 aromatic heterocycles. The maximum atomic E-state index is 3.65. The van der Waals surface area contributed by atoms with Gasteiger partial charge in [0.2, 0.25) is 0 Å². The Hall–Kier alpha value is -0.0800. The van der Waals surface area contributed by atoms with Crippen LogP contribution in [0.2, 0.25) is 0 Å². The van der Waals surface area contributed by atoms with Crippen molar-refractivity contribution >= 4 is 0 Å². The van der Waals surface area contributed by atoms with Crippen LogP contribution in [0.15, 0.2) is 0 Å². The first-order chi connectivity index (χ1) is 7.86. The van der Waals surface area contributed by atoms with E-state index in [1.807, 2.05) is 0 Å². The molecule has 1 saturated heterocycles. The van der Waals surface area contributed by atoms with E-state index in [-0.39, 0.29) is 0 Å². The molecule has 2 heteroatoms. The Morgan fingerprint density at radius 2 is 2.00 bits per heavy atom. The third-order valence-electron chi connectivity index (χ3n) is 4.40. The second-order valence-corrected chi connectivity index (χ2v) is 6.78. The van der Waals surface area contributed by atoms with Gasteiger partial charge in [0.1, 0.15) is 0 Å². The smallest absolute Gasteiger partial charge is 0.0102 e. The van der Waals surface area contributed by atoms with Crippen LogP contribution in [0.5, 0.6) is 0 Å². The van der Waals surface area contributed by atoms with Crippen LogP contribution >= 0.6 is 0 Å². The lowest BCUT2D eigenvalue weighted by molar-refractivity contribution is 0.136. The summed E-state index contributed by atoms with van der Waals surface area (Å²) in [6.07, 6.45) is 2.59. The molecule has 2 nitrogen and oxygen atoms in total. The Balaban J connectivity index is 2.47. The molecule has 0 aliphatic carbocycles. The molecule has 0 spiro atoms. The number of rotatable bonds is 6. The summed E-state index contributed by atoms with van der Waals surface area (Å²) in [5, 5.41) is 3.65. The van der Waals surface area contributed by atoms with Crippen molar-refractivity contribution in [2.24, 2.45) is 11.3 Å². The first kappa shape index (κ1) is 15.0. The molecule has 17 heavy (non-hydrogen) atoms. The summed E-state index contributed by atoms with van der Waals surface area (Å²) in [4.78, 5) is 2.68. The standard InChI is InChI=1S/C15H32N2/c1-7-8-16-14(4)15(5,6)11-17-10-12(2)9-13(17)3/h12-14,16H,7-11H2,1-6H3. The van der Waals surface area contributed by atoms with Gasteiger partial charge in [0.15, 0.2) is 0 Å². The average Bonchev–Trinajstić information content (AvgIpc) is 2.53. The minimum atomic E-state index is 0.355. The lowest BCUT2D eigenvalue weighted by Gasteiger charge is -2.37. The molecule has 0 bridgehead atoms. The Labute approximate surface area is 108 Å². The monoisotopic (exact) mass is 240 g/mol. The minimum Gasteiger partial charge on any atom is -0.314 e. The van der Waals surface area contributed by atoms with Gasteiger partial charge in [-0.15, -0.1) is 0 Å². The zero-order valence-corrected chi connectivity index (χ0v) is 12.7. The van der Waals surface area contributed by atoms with Crippen molar-refractivity contribution in [3.05, 3.63) is 0 Å². The van der Waals surface area contributed by atoms with E-state index in [4.69, 9.17) is 0 Å². The topological polar surface area (TPSA) is 15.3 Å². The third-order valence-corrected chi connectivity index (χ3v) is 4.40. The number of hydrogen-bond acceptors (Lipinski definition) is 2. The van der Waals surface area contributed by atoms with Gasteiger partial charge in [0.25, 0.3) is 0 Å². The molecular weight excluding hydrogens is 208 g/mol. The molecule has 1 aliphatic heterocycles. The normalized spacial score (nSPS) is 28.6. The maximum absolute atomic E-state index is 3.65. The summed E-state index contributed by atoms with van der Waals surface area (Å²) in [6, 6.07) is 1.35. The molecule has 1 N–H and O–H groups in total. The summed E-state index contributed by atoms with van der Waals surface area (Å²) in [7, 11) is 0. The van der Waals surface area contributed by atoms with Gasteiger partial charge in [0, 0.05) is 25.2 Å². The second kappa shape index (κ2) is 6.19. The molecule has 1 heterocycles. The molecule has 0 amide bonds. The third kappa shape index (κ3) is 4.26. The van der Waals surface area contributed by atoms with E-state index in [1.54, 1.807) is 0 Å². The van der Waals surface area contributed by atoms with Gasteiger partial charge < -0.3 is 5.32 Å². The molecule has 1 aliphatic rings. The highest BCUT2D eigenvalue weighted by Crippen LogP contribution is 2.29. The van der Waals surface area contributed by atoms with Crippen LogP contribution in [-0.4, -0.2) is 36.6 Å². The van der Waals surface area contributed by atoms with Crippen LogP contribution in [0.25, 0.3) is 0 Å². The van der Waals surface area contributed by atoms with Gasteiger partial charge in [-0.1, -0.05) is 27.7 Å². The number of nitrogens with zero attached hydrogens (tertiary/aromatic N) is 1. The summed E-state index contributed by atoms with van der Waals surface area (Å²) in [6.45, 7) is 17.8. The second-order valence-electron chi connectivity index (χ2n) is 6.78. The fraction of sp³-hybridized carbons (Fsp3) is 1.00. The number of hydrogen-bond donors (Lipinski definition) is 1. The molecule has 1 rings (SSSR count). The highest BCUT2D eigenvalue weighted by atomic mass is 15.2. The minimum absolute atomic E-state index is 0.355. The van der Waals surface area contributed by atoms with E-state index < -0.39 is 0 Å². The fourth-order valence-corrected chi connectivity index (χ4v) is 2.90. The number of likely N-dealkylation sites (tertiary alicyclic amines) is 1. The van der Waals surface area contributed by atoms with Gasteiger partial charge in [-0.2, -0.15) is 0 Å². The van der Waals surface area contributed by atoms with Crippen LogP contribution < -0.4 is 5.32 Å². The van der Waals surface area contributed by atoms with Crippen LogP contribution in [0.1, 0.15) is 54.4 Å². The van der Waals surface area contributed by atoms with Crippen molar-refractivity contribution in [1.29, 1.82) is 0 Å². The van der Waals surface area contributed by atoms with E-state index in [0.717, 1.165) is 18.5 Å². The summed E-state index contributed by atoms with van der Waals surface area (Å²) in [5.74, 6) is 0.875. The largest absolute Gasteiger partial charge is 0.314 e. The van der Waals surface area contributed by atoms with Gasteiger partial charge in [-0.3, -0.25) is 4.90 Å². The molecule has 1 fully saturated rings. The lowest BCUT2D eigenvalue weighted by Crippen LogP contribution is -2.47. The Bertz CT molecular complexity index is 225. The fourth-order valence-electron chi connectivity index (χ4n) is 2.90. The molecule has 0 radical (unpaired) electrons. The molecule has 3 unspecified atom stereocenters. The maximum Gasteiger partial charge on any atom is 0.0102 e. The molecular formula is C15H32N2. The van der Waals surface area contributed by atoms with Crippen molar-refractivity contribution < 1.29 is 0 Å². The lowest BCUT2D eigenvalue weighted by atomic mass is 9.84. The molecule has 0 aromatic rings. The van der Waals surface area contributed by atoms with E-state index in [1.165, 1.54) is 25.9 Å². The van der Waals surface area contributed by atoms with E-state index in [2.05, 4.69) is 51.8 Å². The van der Waals surface area contributed by atoms with Crippen molar-refractivity contribution in [3.8, 4) is 0 Å². The molecule has 102 valence electrons. The van der Waals surface area contributed by atoms with Crippen LogP contribution in [0, 0.1) is 11.3 Å². The first-order valence-electron chi connectivity index (χ1n) is 7.34. The first-order valence-corrected chi connectivity index (χ1v) is 7.34. The molecule has 0 aromatic carbocycles. The Morgan fingerprint density at radius 1 is 1.35 bits per heavy atom. The zero-order valence-electron chi connectivity index (χ0n) is 12.7. The SMILES string of the molecule is CCCNC(C)C(C)(C)CN1CC(C)CC1C. The van der Waals surface area contributed by atoms with Gasteiger partial charge in [-0.05, 0) is 44.6 Å². The summed E-state index contributed by atoms with van der Waals surface area (Å²) in [5.41, 5.74) is 0.355. The van der Waals surface area contributed by atoms with Gasteiger partial charge in [0.05, 0.1) is 0 Å². The van der Waals surface area contributed by atoms with Crippen LogP contribution in [-0.2, 0) is 0 Å². The Kier molecular flexibility index (Phi) is 5.46. The summed E-state index contributed by atoms with van der Waals surface area (Å²) < 4.78 is 0. The number of nitrogens with one attached hydrogen (secondary N) is 1. The highest BCUT2D eigenvalue weighted by Gasteiger charge is 2.33. The zero-order chi connectivity index (χ0) is 13.1. The van der Waals surface area contributed by atoms with Crippen LogP contribution in [0.3, 0.4) is 0 Å². The predicted molar refractivity (Wildman–Crippen MR) is 76.4 cm³/mol. The van der Waals surface area contributed by atoms with Crippen molar-refractivity contribution in [3.63, 3.8) is 0 Å². The van der Waals surface area contributed by atoms with Gasteiger partial charge >= 0.3 is 0 Å². The highest BCUT2D eigenvalue weighted by molar-refractivity contribution is 4.89. The average molecular weight is 240 g/mol. The van der Waals surface area contributed by atoms with Crippen LogP contribution in [0.4, 0.5) is 0 Å². The predicted octanol–water partition coefficient (Wildman–Crippen LogP) is 3.13. The quantitative estimate of drug-likeness (QED) is 0.767. The van der Waals surface area contributed by atoms with Crippen molar-refractivity contribution in [2.45, 2.75) is 66.5 Å². The summed E-state index contributed by atoms with van der Waals surface area (Å²) >= 11 is 0. The van der Waals surface area contributed by atoms with E-state index in [0.29, 0.717) is 11.5 Å². The molecule has 0 saturated carbocycles. The molecule has 3 atom stereocenters. The van der Waals surface area contributed by atoms with Gasteiger partial charge in [-0.25, -0.2) is 0 Å². The van der Waals surface area contributed by atoms with E-state index >= 15 is 0 Å². The van der Waals surface area contributed by atoms with Crippen molar-refractivity contribution in [1.82, 2.24) is 10.2 Å². The van der Waals surface area contributed by atoms with E-state index in [9.17, 15) is 0 Å². The Morgan fingerprint density at radius 3 is 2.47 bits per heavy atom. The van der Waals surface area contributed by atoms with Crippen molar-refractivity contribution in [2.75, 3.05) is 19.6 Å².